The maximum Gasteiger partial charge on any atom is 0.119 e. The number of aromatic nitrogens is 1. The molecule has 0 spiro atoms. The van der Waals surface area contributed by atoms with Gasteiger partial charge in [0.1, 0.15) is 12.4 Å². The van der Waals surface area contributed by atoms with Gasteiger partial charge in [-0.05, 0) is 29.8 Å². The molecular formula is C25H35N3O4. The summed E-state index contributed by atoms with van der Waals surface area (Å²) in [5, 5.41) is 10.5. The van der Waals surface area contributed by atoms with Gasteiger partial charge in [-0.15, -0.1) is 6.42 Å². The number of methoxy groups -OCH3 is 1. The van der Waals surface area contributed by atoms with Crippen LogP contribution in [0.4, 0.5) is 0 Å². The minimum atomic E-state index is -0.588. The van der Waals surface area contributed by atoms with Gasteiger partial charge in [-0.2, -0.15) is 0 Å². The Morgan fingerprint density at radius 3 is 2.88 bits per heavy atom. The molecule has 0 radical (unpaired) electrons. The van der Waals surface area contributed by atoms with Gasteiger partial charge in [0.2, 0.25) is 0 Å². The first-order valence-electron chi connectivity index (χ1n) is 11.2. The van der Waals surface area contributed by atoms with Crippen molar-refractivity contribution in [3.8, 4) is 18.1 Å². The number of benzene rings is 1. The molecule has 1 aromatic carbocycles. The Balaban J connectivity index is 1.63. The second kappa shape index (κ2) is 13.3. The second-order valence-electron chi connectivity index (χ2n) is 8.04. The van der Waals surface area contributed by atoms with Crippen molar-refractivity contribution in [3.05, 3.63) is 53.9 Å². The first-order valence-corrected chi connectivity index (χ1v) is 11.2. The van der Waals surface area contributed by atoms with Crippen molar-refractivity contribution in [3.63, 3.8) is 0 Å². The fraction of sp³-hybridized carbons (Fsp3) is 0.520. The smallest absolute Gasteiger partial charge is 0.119 e. The summed E-state index contributed by atoms with van der Waals surface area (Å²) in [5.41, 5.74) is 2.39. The highest BCUT2D eigenvalue weighted by molar-refractivity contribution is 5.29. The lowest BCUT2D eigenvalue weighted by molar-refractivity contribution is 0.0133. The van der Waals surface area contributed by atoms with Crippen LogP contribution < -0.4 is 4.74 Å². The van der Waals surface area contributed by atoms with Gasteiger partial charge in [-0.3, -0.25) is 9.80 Å². The SMILES string of the molecule is C#CCOC[C@@H](O)CN(CCN1CCOCC1)Cc1cccn1Cc1cccc(OC)c1. The zero-order valence-corrected chi connectivity index (χ0v) is 19.0. The normalized spacial score (nSPS) is 15.6. The van der Waals surface area contributed by atoms with Gasteiger partial charge in [0.25, 0.3) is 0 Å². The Kier molecular flexibility index (Phi) is 10.1. The fourth-order valence-electron chi connectivity index (χ4n) is 3.89. The topological polar surface area (TPSA) is 59.3 Å². The van der Waals surface area contributed by atoms with E-state index in [2.05, 4.69) is 50.7 Å². The van der Waals surface area contributed by atoms with E-state index in [4.69, 9.17) is 20.6 Å². The van der Waals surface area contributed by atoms with Crippen LogP contribution in [0.1, 0.15) is 11.3 Å². The zero-order chi connectivity index (χ0) is 22.6. The Bertz CT molecular complexity index is 842. The Morgan fingerprint density at radius 1 is 1.25 bits per heavy atom. The van der Waals surface area contributed by atoms with E-state index in [0.29, 0.717) is 6.54 Å². The van der Waals surface area contributed by atoms with E-state index in [9.17, 15) is 5.11 Å². The van der Waals surface area contributed by atoms with Crippen LogP contribution in [0.5, 0.6) is 5.75 Å². The van der Waals surface area contributed by atoms with Crippen molar-refractivity contribution >= 4 is 0 Å². The molecule has 1 atom stereocenters. The molecule has 0 bridgehead atoms. The highest BCUT2D eigenvalue weighted by atomic mass is 16.5. The third kappa shape index (κ3) is 7.97. The van der Waals surface area contributed by atoms with Crippen LogP contribution in [0, 0.1) is 12.3 Å². The molecule has 1 N–H and O–H groups in total. The van der Waals surface area contributed by atoms with Crippen LogP contribution in [0.2, 0.25) is 0 Å². The number of aliphatic hydroxyl groups is 1. The molecule has 2 aromatic rings. The maximum atomic E-state index is 10.5. The molecule has 174 valence electrons. The fourth-order valence-corrected chi connectivity index (χ4v) is 3.89. The van der Waals surface area contributed by atoms with Crippen LogP contribution >= 0.6 is 0 Å². The number of hydrogen-bond donors (Lipinski definition) is 1. The third-order valence-electron chi connectivity index (χ3n) is 5.60. The molecule has 32 heavy (non-hydrogen) atoms. The summed E-state index contributed by atoms with van der Waals surface area (Å²) in [6.07, 6.45) is 6.75. The second-order valence-corrected chi connectivity index (χ2v) is 8.04. The molecule has 7 nitrogen and oxygen atoms in total. The van der Waals surface area contributed by atoms with Crippen LogP contribution in [0.15, 0.2) is 42.6 Å². The van der Waals surface area contributed by atoms with E-state index >= 15 is 0 Å². The number of hydrogen-bond acceptors (Lipinski definition) is 6. The summed E-state index contributed by atoms with van der Waals surface area (Å²) in [6.45, 7) is 7.77. The Morgan fingerprint density at radius 2 is 2.09 bits per heavy atom. The first kappa shape index (κ1) is 24.3. The number of rotatable bonds is 13. The van der Waals surface area contributed by atoms with Gasteiger partial charge in [0, 0.05) is 57.7 Å². The van der Waals surface area contributed by atoms with Crippen LogP contribution in [0.3, 0.4) is 0 Å². The monoisotopic (exact) mass is 441 g/mol. The Hall–Kier alpha value is -2.34. The maximum absolute atomic E-state index is 10.5. The highest BCUT2D eigenvalue weighted by Gasteiger charge is 2.17. The lowest BCUT2D eigenvalue weighted by Crippen LogP contribution is -2.43. The van der Waals surface area contributed by atoms with Crippen molar-refractivity contribution in [2.24, 2.45) is 0 Å². The van der Waals surface area contributed by atoms with Crippen molar-refractivity contribution in [2.75, 3.05) is 66.3 Å². The van der Waals surface area contributed by atoms with Crippen molar-refractivity contribution in [1.82, 2.24) is 14.4 Å². The van der Waals surface area contributed by atoms with Crippen LogP contribution in [-0.4, -0.2) is 91.8 Å². The molecule has 1 aliphatic rings. The standard InChI is InChI=1S/C25H35N3O4/c1-3-14-32-21-24(29)20-27(11-10-26-12-15-31-16-13-26)19-23-7-5-9-28(23)18-22-6-4-8-25(17-22)30-2/h1,4-9,17,24,29H,10-16,18-21H2,2H3/t24-/m0/s1. The summed E-state index contributed by atoms with van der Waals surface area (Å²) in [6, 6.07) is 12.3. The van der Waals surface area contributed by atoms with Crippen LogP contribution in [-0.2, 0) is 22.6 Å². The molecule has 0 amide bonds. The highest BCUT2D eigenvalue weighted by Crippen LogP contribution is 2.16. The predicted molar refractivity (Wildman–Crippen MR) is 125 cm³/mol. The number of aliphatic hydroxyl groups excluding tert-OH is 1. The minimum Gasteiger partial charge on any atom is -0.497 e. The van der Waals surface area contributed by atoms with Crippen molar-refractivity contribution in [2.45, 2.75) is 19.2 Å². The third-order valence-corrected chi connectivity index (χ3v) is 5.60. The van der Waals surface area contributed by atoms with Gasteiger partial charge in [0.15, 0.2) is 0 Å². The summed E-state index contributed by atoms with van der Waals surface area (Å²) < 4.78 is 18.4. The Labute approximate surface area is 191 Å². The summed E-state index contributed by atoms with van der Waals surface area (Å²) in [7, 11) is 1.69. The van der Waals surface area contributed by atoms with E-state index in [1.807, 2.05) is 12.1 Å². The number of morpholine rings is 1. The van der Waals surface area contributed by atoms with Gasteiger partial charge in [-0.1, -0.05) is 18.1 Å². The van der Waals surface area contributed by atoms with E-state index in [1.165, 1.54) is 11.3 Å². The molecule has 0 saturated carbocycles. The van der Waals surface area contributed by atoms with Gasteiger partial charge < -0.3 is 23.9 Å². The molecule has 0 aliphatic carbocycles. The molecular weight excluding hydrogens is 406 g/mol. The van der Waals surface area contributed by atoms with Crippen LogP contribution in [0.25, 0.3) is 0 Å². The predicted octanol–water partition coefficient (Wildman–Crippen LogP) is 1.69. The van der Waals surface area contributed by atoms with E-state index in [1.54, 1.807) is 7.11 Å². The van der Waals surface area contributed by atoms with Gasteiger partial charge in [0.05, 0.1) is 33.0 Å². The molecule has 1 saturated heterocycles. The van der Waals surface area contributed by atoms with Crippen molar-refractivity contribution < 1.29 is 19.3 Å². The summed E-state index contributed by atoms with van der Waals surface area (Å²) >= 11 is 0. The summed E-state index contributed by atoms with van der Waals surface area (Å²) in [4.78, 5) is 4.70. The van der Waals surface area contributed by atoms with Gasteiger partial charge >= 0.3 is 0 Å². The molecule has 1 aliphatic heterocycles. The number of ether oxygens (including phenoxy) is 3. The minimum absolute atomic E-state index is 0.216. The summed E-state index contributed by atoms with van der Waals surface area (Å²) in [5.74, 6) is 3.30. The molecule has 0 unspecified atom stereocenters. The number of terminal acetylenes is 1. The molecule has 7 heteroatoms. The quantitative estimate of drug-likeness (QED) is 0.377. The van der Waals surface area contributed by atoms with Gasteiger partial charge in [-0.25, -0.2) is 0 Å². The van der Waals surface area contributed by atoms with E-state index < -0.39 is 6.10 Å². The first-order chi connectivity index (χ1) is 15.7. The van der Waals surface area contributed by atoms with Crippen molar-refractivity contribution in [1.29, 1.82) is 0 Å². The lowest BCUT2D eigenvalue weighted by Gasteiger charge is -2.31. The lowest BCUT2D eigenvalue weighted by atomic mass is 10.2. The average molecular weight is 442 g/mol. The molecule has 2 heterocycles. The average Bonchev–Trinajstić information content (AvgIpc) is 3.24. The van der Waals surface area contributed by atoms with E-state index in [-0.39, 0.29) is 13.2 Å². The molecule has 3 rings (SSSR count). The zero-order valence-electron chi connectivity index (χ0n) is 19.0. The molecule has 1 aromatic heterocycles. The largest absolute Gasteiger partial charge is 0.497 e. The number of nitrogens with zero attached hydrogens (tertiary/aromatic N) is 3. The molecule has 1 fully saturated rings. The van der Waals surface area contributed by atoms with E-state index in [0.717, 1.165) is 58.2 Å².